The van der Waals surface area contributed by atoms with Crippen molar-refractivity contribution in [2.45, 2.75) is 26.8 Å². The number of rotatable bonds is 4. The van der Waals surface area contributed by atoms with Crippen LogP contribution in [-0.2, 0) is 11.3 Å². The quantitative estimate of drug-likeness (QED) is 0.938. The normalized spacial score (nSPS) is 10.7. The highest BCUT2D eigenvalue weighted by Gasteiger charge is 2.13. The van der Waals surface area contributed by atoms with Gasteiger partial charge in [-0.3, -0.25) is 9.48 Å². The molecule has 0 bridgehead atoms. The van der Waals surface area contributed by atoms with Gasteiger partial charge >= 0.3 is 5.97 Å². The zero-order valence-electron chi connectivity index (χ0n) is 10.9. The van der Waals surface area contributed by atoms with Crippen molar-refractivity contribution >= 4 is 21.9 Å². The Kier molecular flexibility index (Phi) is 4.04. The maximum atomic E-state index is 10.6. The Balaban J connectivity index is 2.36. The van der Waals surface area contributed by atoms with Crippen molar-refractivity contribution in [2.75, 3.05) is 0 Å². The molecule has 0 aliphatic heterocycles. The molecule has 0 fully saturated rings. The maximum absolute atomic E-state index is 10.6. The molecule has 0 amide bonds. The fraction of sp³-hybridized carbons (Fsp3) is 0.286. The number of hydrogen-bond donors (Lipinski definition) is 1. The zero-order chi connectivity index (χ0) is 14.0. The molecule has 100 valence electrons. The van der Waals surface area contributed by atoms with E-state index < -0.39 is 5.97 Å². The van der Waals surface area contributed by atoms with Gasteiger partial charge in [-0.1, -0.05) is 28.1 Å². The van der Waals surface area contributed by atoms with E-state index in [1.54, 1.807) is 4.68 Å². The summed E-state index contributed by atoms with van der Waals surface area (Å²) in [4.78, 5) is 10.6. The van der Waals surface area contributed by atoms with Gasteiger partial charge in [0, 0.05) is 15.7 Å². The summed E-state index contributed by atoms with van der Waals surface area (Å²) < 4.78 is 2.80. The maximum Gasteiger partial charge on any atom is 0.305 e. The van der Waals surface area contributed by atoms with Gasteiger partial charge in [-0.25, -0.2) is 0 Å². The average Bonchev–Trinajstić information content (AvgIpc) is 2.63. The van der Waals surface area contributed by atoms with Crippen LogP contribution in [0.5, 0.6) is 0 Å². The Morgan fingerprint density at radius 2 is 1.95 bits per heavy atom. The molecule has 4 nitrogen and oxygen atoms in total. The van der Waals surface area contributed by atoms with Crippen molar-refractivity contribution in [2.24, 2.45) is 0 Å². The number of carbonyl (C=O) groups is 1. The number of carboxylic acid groups (broad SMARTS) is 1. The number of aromatic nitrogens is 2. The van der Waals surface area contributed by atoms with Crippen LogP contribution < -0.4 is 0 Å². The van der Waals surface area contributed by atoms with Crippen molar-refractivity contribution in [1.29, 1.82) is 0 Å². The van der Waals surface area contributed by atoms with E-state index in [1.807, 2.05) is 38.1 Å². The van der Waals surface area contributed by atoms with Gasteiger partial charge in [-0.05, 0) is 31.5 Å². The number of aliphatic carboxylic acids is 1. The topological polar surface area (TPSA) is 55.1 Å². The molecule has 0 saturated heterocycles. The molecule has 1 heterocycles. The summed E-state index contributed by atoms with van der Waals surface area (Å²) >= 11 is 3.41. The second-order valence-corrected chi connectivity index (χ2v) is 5.34. The molecule has 1 aromatic carbocycles. The molecule has 2 rings (SSSR count). The first-order valence-electron chi connectivity index (χ1n) is 6.01. The number of nitrogens with zero attached hydrogens (tertiary/aromatic N) is 2. The lowest BCUT2D eigenvalue weighted by Gasteiger charge is -2.04. The van der Waals surface area contributed by atoms with Gasteiger partial charge in [0.2, 0.25) is 0 Å². The Hall–Kier alpha value is -1.62. The summed E-state index contributed by atoms with van der Waals surface area (Å²) in [6, 6.07) is 8.04. The van der Waals surface area contributed by atoms with E-state index in [1.165, 1.54) is 0 Å². The second kappa shape index (κ2) is 5.57. The Morgan fingerprint density at radius 1 is 1.32 bits per heavy atom. The minimum Gasteiger partial charge on any atom is -0.481 e. The third-order valence-corrected chi connectivity index (χ3v) is 3.58. The predicted molar refractivity (Wildman–Crippen MR) is 77.1 cm³/mol. The Labute approximate surface area is 120 Å². The molecule has 1 aromatic heterocycles. The van der Waals surface area contributed by atoms with Crippen molar-refractivity contribution in [3.63, 3.8) is 0 Å². The van der Waals surface area contributed by atoms with E-state index in [-0.39, 0.29) is 6.42 Å². The largest absolute Gasteiger partial charge is 0.481 e. The fourth-order valence-corrected chi connectivity index (χ4v) is 2.41. The van der Waals surface area contributed by atoms with E-state index in [4.69, 9.17) is 5.11 Å². The van der Waals surface area contributed by atoms with Crippen molar-refractivity contribution in [1.82, 2.24) is 9.78 Å². The summed E-state index contributed by atoms with van der Waals surface area (Å²) in [5, 5.41) is 13.2. The molecule has 0 spiro atoms. The minimum atomic E-state index is -0.808. The zero-order valence-corrected chi connectivity index (χ0v) is 12.4. The molecule has 0 saturated carbocycles. The van der Waals surface area contributed by atoms with Crippen LogP contribution in [0.2, 0.25) is 0 Å². The number of halogens is 1. The molecule has 2 aromatic rings. The van der Waals surface area contributed by atoms with E-state index in [0.29, 0.717) is 6.54 Å². The monoisotopic (exact) mass is 322 g/mol. The highest BCUT2D eigenvalue weighted by atomic mass is 79.9. The van der Waals surface area contributed by atoms with Gasteiger partial charge in [0.15, 0.2) is 0 Å². The van der Waals surface area contributed by atoms with Crippen molar-refractivity contribution < 1.29 is 9.90 Å². The van der Waals surface area contributed by atoms with Crippen LogP contribution in [-0.4, -0.2) is 20.9 Å². The van der Waals surface area contributed by atoms with Crippen LogP contribution in [0.1, 0.15) is 17.8 Å². The minimum absolute atomic E-state index is 0.0851. The lowest BCUT2D eigenvalue weighted by atomic mass is 10.0. The highest BCUT2D eigenvalue weighted by Crippen LogP contribution is 2.28. The standard InChI is InChI=1S/C14H15BrN2O2/c1-9-14(11-3-5-12(15)6-4-11)10(2)17(16-9)8-7-13(18)19/h3-6H,7-8H2,1-2H3,(H,18,19). The molecule has 0 atom stereocenters. The van der Waals surface area contributed by atoms with E-state index in [9.17, 15) is 4.79 Å². The Morgan fingerprint density at radius 3 is 2.53 bits per heavy atom. The molecular formula is C14H15BrN2O2. The Bertz CT molecular complexity index is 603. The third-order valence-electron chi connectivity index (χ3n) is 3.05. The summed E-state index contributed by atoms with van der Waals surface area (Å²) in [6.45, 7) is 4.32. The lowest BCUT2D eigenvalue weighted by molar-refractivity contribution is -0.137. The summed E-state index contributed by atoms with van der Waals surface area (Å²) in [7, 11) is 0. The first kappa shape index (κ1) is 13.8. The van der Waals surface area contributed by atoms with E-state index >= 15 is 0 Å². The van der Waals surface area contributed by atoms with Gasteiger partial charge in [0.1, 0.15) is 0 Å². The molecule has 19 heavy (non-hydrogen) atoms. The van der Waals surface area contributed by atoms with Crippen LogP contribution in [0, 0.1) is 13.8 Å². The van der Waals surface area contributed by atoms with Gasteiger partial charge in [0.05, 0.1) is 18.7 Å². The van der Waals surface area contributed by atoms with Gasteiger partial charge in [-0.15, -0.1) is 0 Å². The fourth-order valence-electron chi connectivity index (χ4n) is 2.15. The SMILES string of the molecule is Cc1nn(CCC(=O)O)c(C)c1-c1ccc(Br)cc1. The van der Waals surface area contributed by atoms with Gasteiger partial charge < -0.3 is 5.11 Å². The molecule has 1 N–H and O–H groups in total. The third kappa shape index (κ3) is 3.04. The van der Waals surface area contributed by atoms with Crippen molar-refractivity contribution in [3.05, 3.63) is 40.1 Å². The van der Waals surface area contributed by atoms with Crippen LogP contribution in [0.25, 0.3) is 11.1 Å². The second-order valence-electron chi connectivity index (χ2n) is 4.42. The van der Waals surface area contributed by atoms with Gasteiger partial charge in [0.25, 0.3) is 0 Å². The summed E-state index contributed by atoms with van der Waals surface area (Å²) in [6.07, 6.45) is 0.0851. The summed E-state index contributed by atoms with van der Waals surface area (Å²) in [5.41, 5.74) is 4.10. The molecule has 5 heteroatoms. The van der Waals surface area contributed by atoms with Gasteiger partial charge in [-0.2, -0.15) is 5.10 Å². The lowest BCUT2D eigenvalue weighted by Crippen LogP contribution is -2.07. The first-order valence-corrected chi connectivity index (χ1v) is 6.80. The molecular weight excluding hydrogens is 308 g/mol. The average molecular weight is 323 g/mol. The molecule has 0 aliphatic rings. The molecule has 0 radical (unpaired) electrons. The van der Waals surface area contributed by atoms with Crippen LogP contribution in [0.3, 0.4) is 0 Å². The molecule has 0 aliphatic carbocycles. The van der Waals surface area contributed by atoms with Crippen molar-refractivity contribution in [3.8, 4) is 11.1 Å². The van der Waals surface area contributed by atoms with E-state index in [2.05, 4.69) is 21.0 Å². The predicted octanol–water partition coefficient (Wildman–Crippen LogP) is 3.40. The van der Waals surface area contributed by atoms with Crippen LogP contribution in [0.15, 0.2) is 28.7 Å². The van der Waals surface area contributed by atoms with Crippen LogP contribution in [0.4, 0.5) is 0 Å². The summed E-state index contributed by atoms with van der Waals surface area (Å²) in [5.74, 6) is -0.808. The smallest absolute Gasteiger partial charge is 0.305 e. The number of carboxylic acids is 1. The molecule has 0 unspecified atom stereocenters. The first-order chi connectivity index (χ1) is 8.99. The number of hydrogen-bond acceptors (Lipinski definition) is 2. The number of aryl methyl sites for hydroxylation is 2. The number of benzene rings is 1. The van der Waals surface area contributed by atoms with Crippen LogP contribution >= 0.6 is 15.9 Å². The van der Waals surface area contributed by atoms with E-state index in [0.717, 1.165) is 27.0 Å². The highest BCUT2D eigenvalue weighted by molar-refractivity contribution is 9.10.